The van der Waals surface area contributed by atoms with Gasteiger partial charge in [0.1, 0.15) is 13.1 Å². The van der Waals surface area contributed by atoms with Gasteiger partial charge < -0.3 is 15.7 Å². The van der Waals surface area contributed by atoms with Crippen LogP contribution in [0.4, 0.5) is 11.4 Å². The number of carboxylic acids is 1. The maximum atomic E-state index is 13.0. The van der Waals surface area contributed by atoms with Crippen LogP contribution in [-0.2, 0) is 55.6 Å². The van der Waals surface area contributed by atoms with Gasteiger partial charge in [-0.15, -0.1) is 0 Å². The molecule has 0 fully saturated rings. The minimum Gasteiger partial charge on any atom is -0.481 e. The Labute approximate surface area is 384 Å². The molecule has 2 atom stereocenters. The van der Waals surface area contributed by atoms with Gasteiger partial charge in [0.15, 0.2) is 11.4 Å². The third kappa shape index (κ3) is 15.0. The normalized spacial score (nSPS) is 17.5. The maximum absolute atomic E-state index is 13.0. The Balaban J connectivity index is 1.24. The van der Waals surface area contributed by atoms with Crippen LogP contribution >= 0.6 is 0 Å². The first kappa shape index (κ1) is 53.5. The third-order valence-corrected chi connectivity index (χ3v) is 15.7. The first-order valence-electron chi connectivity index (χ1n) is 22.4. The number of fused-ring (bicyclic) bond motifs is 2. The number of carbonyl (C=O) groups is 3. The molecule has 0 radical (unpaired) electrons. The predicted octanol–water partition coefficient (Wildman–Crippen LogP) is 6.33. The summed E-state index contributed by atoms with van der Waals surface area (Å²) >= 11 is 0. The van der Waals surface area contributed by atoms with E-state index < -0.39 is 52.9 Å². The highest BCUT2D eigenvalue weighted by molar-refractivity contribution is 7.86. The van der Waals surface area contributed by atoms with Crippen molar-refractivity contribution in [2.24, 2.45) is 5.92 Å². The molecule has 0 aliphatic carbocycles. The molecule has 6 N–H and O–H groups in total. The van der Waals surface area contributed by atoms with Crippen molar-refractivity contribution in [3.63, 3.8) is 0 Å². The summed E-state index contributed by atoms with van der Waals surface area (Å²) in [4.78, 5) is 36.5. The molecule has 65 heavy (non-hydrogen) atoms. The monoisotopic (exact) mass is 968 g/mol. The summed E-state index contributed by atoms with van der Waals surface area (Å²) in [6.45, 7) is 11.6. The van der Waals surface area contributed by atoms with Crippen molar-refractivity contribution < 1.29 is 67.6 Å². The minimum atomic E-state index is -4.48. The number of hydrogen-bond acceptors (Lipinski definition) is 9. The molecule has 0 bridgehead atoms. The zero-order valence-electron chi connectivity index (χ0n) is 38.3. The van der Waals surface area contributed by atoms with Gasteiger partial charge in [-0.3, -0.25) is 28.0 Å². The zero-order valence-corrected chi connectivity index (χ0v) is 40.7. The van der Waals surface area contributed by atoms with Crippen molar-refractivity contribution in [1.29, 1.82) is 0 Å². The summed E-state index contributed by atoms with van der Waals surface area (Å²) in [5, 5.41) is 15.0. The Morgan fingerprint density at radius 3 is 1.63 bits per heavy atom. The van der Waals surface area contributed by atoms with Crippen molar-refractivity contribution in [1.82, 2.24) is 10.6 Å². The second-order valence-electron chi connectivity index (χ2n) is 18.2. The van der Waals surface area contributed by atoms with E-state index in [0.717, 1.165) is 41.9 Å². The van der Waals surface area contributed by atoms with Gasteiger partial charge in [0.05, 0.1) is 26.4 Å². The summed E-state index contributed by atoms with van der Waals surface area (Å²) in [6.07, 6.45) is 8.31. The van der Waals surface area contributed by atoms with Crippen molar-refractivity contribution >= 4 is 70.9 Å². The van der Waals surface area contributed by atoms with Gasteiger partial charge in [0, 0.05) is 82.3 Å². The van der Waals surface area contributed by atoms with Crippen LogP contribution in [0.1, 0.15) is 142 Å². The number of carboxylic acid groups (broad SMARTS) is 1. The van der Waals surface area contributed by atoms with Crippen LogP contribution in [0, 0.1) is 5.92 Å². The largest absolute Gasteiger partial charge is 0.481 e. The first-order chi connectivity index (χ1) is 30.3. The topological polar surface area (TPSA) is 265 Å². The molecule has 0 saturated heterocycles. The standard InChI is InChI=1S/C45H66N4O13S3/c1-32-44(3,4)37-28-35(64(57,58)59)20-22-39(37)48(32)25-14-8-11-18-42(51)47-31-34(16-9-6-12-19-43(52)53)30-46-41(50)17-10-7-13-24-45(5)33(2)49(26-15-27-63(54,55)56)40-23-21-36(29-38(40)45)65(60,61)62/h20-23,28-29,34H,6-19,24-27,30-31H2,1-5H3,(H4-2,46,47,50,51,52,53,54,55,56,57,58,59,60,61,62)/p+2. The highest BCUT2D eigenvalue weighted by Crippen LogP contribution is 2.44. The highest BCUT2D eigenvalue weighted by Gasteiger charge is 2.47. The van der Waals surface area contributed by atoms with Crippen molar-refractivity contribution in [3.8, 4) is 0 Å². The van der Waals surface area contributed by atoms with E-state index in [0.29, 0.717) is 88.7 Å². The summed E-state index contributed by atoms with van der Waals surface area (Å²) in [5.41, 5.74) is 3.99. The molecule has 0 aromatic heterocycles. The number of amides is 2. The Hall–Kier alpha value is -4.08. The molecule has 2 unspecified atom stereocenters. The number of nitrogens with zero attached hydrogens (tertiary/aromatic N) is 2. The average Bonchev–Trinajstić information content (AvgIpc) is 3.53. The Morgan fingerprint density at radius 2 is 1.09 bits per heavy atom. The van der Waals surface area contributed by atoms with E-state index >= 15 is 0 Å². The number of unbranched alkanes of at least 4 members (excludes halogenated alkanes) is 6. The molecule has 2 aliphatic rings. The summed E-state index contributed by atoms with van der Waals surface area (Å²) in [6, 6.07) is 9.00. The Bertz CT molecular complexity index is 2480. The maximum Gasteiger partial charge on any atom is 0.303 e. The van der Waals surface area contributed by atoms with E-state index in [9.17, 15) is 53.3 Å². The van der Waals surface area contributed by atoms with Gasteiger partial charge in [-0.1, -0.05) is 25.7 Å². The molecular formula is C45H68N4O13S3+2. The third-order valence-electron chi connectivity index (χ3n) is 13.2. The quantitative estimate of drug-likeness (QED) is 0.0310. The minimum absolute atomic E-state index is 0.0554. The molecule has 2 aromatic rings. The lowest BCUT2D eigenvalue weighted by Crippen LogP contribution is -2.36. The molecule has 2 heterocycles. The SMILES string of the molecule is CC1=[N+](CCCCCC(=O)NCC(CCCCCC(=O)O)CNC(=O)CCCCCC2(C)C(C)=[N+](CCCS(=O)(=O)O)c3ccc(S(=O)(=O)O)cc32)c2ccc(S(=O)(=O)O)cc2C1(C)C. The Kier molecular flexibility index (Phi) is 18.6. The van der Waals surface area contributed by atoms with Crippen LogP contribution in [-0.4, -0.2) is 114 Å². The second kappa shape index (κ2) is 22.6. The molecule has 0 saturated carbocycles. The zero-order chi connectivity index (χ0) is 48.4. The summed E-state index contributed by atoms with van der Waals surface area (Å²) in [7, 11) is -13.0. The fourth-order valence-electron chi connectivity index (χ4n) is 8.98. The number of nitrogens with one attached hydrogen (secondary N) is 2. The van der Waals surface area contributed by atoms with Gasteiger partial charge in [0.25, 0.3) is 30.4 Å². The number of carbonyl (C=O) groups excluding carboxylic acids is 2. The van der Waals surface area contributed by atoms with Crippen LogP contribution in [0.3, 0.4) is 0 Å². The molecule has 362 valence electrons. The van der Waals surface area contributed by atoms with Crippen LogP contribution in [0.25, 0.3) is 0 Å². The second-order valence-corrected chi connectivity index (χ2v) is 22.6. The van der Waals surface area contributed by atoms with E-state index in [1.807, 2.05) is 39.2 Å². The van der Waals surface area contributed by atoms with E-state index in [2.05, 4.69) is 15.2 Å². The number of benzene rings is 2. The first-order valence-corrected chi connectivity index (χ1v) is 26.9. The fraction of sp³-hybridized carbons (Fsp3) is 0.622. The van der Waals surface area contributed by atoms with Crippen molar-refractivity contribution in [3.05, 3.63) is 47.5 Å². The molecule has 2 aromatic carbocycles. The molecule has 0 spiro atoms. The molecule has 20 heteroatoms. The van der Waals surface area contributed by atoms with Gasteiger partial charge in [-0.05, 0) is 89.5 Å². The summed E-state index contributed by atoms with van der Waals surface area (Å²) in [5.74, 6) is -1.57. The van der Waals surface area contributed by atoms with Gasteiger partial charge >= 0.3 is 5.97 Å². The van der Waals surface area contributed by atoms with Crippen LogP contribution in [0.2, 0.25) is 0 Å². The lowest BCUT2D eigenvalue weighted by Gasteiger charge is -2.22. The van der Waals surface area contributed by atoms with E-state index in [-0.39, 0.29) is 53.3 Å². The number of hydrogen-bond donors (Lipinski definition) is 6. The van der Waals surface area contributed by atoms with Crippen LogP contribution < -0.4 is 10.6 Å². The number of aliphatic carboxylic acids is 1. The van der Waals surface area contributed by atoms with Gasteiger partial charge in [-0.25, -0.2) is 0 Å². The average molecular weight is 969 g/mol. The van der Waals surface area contributed by atoms with Crippen LogP contribution in [0.5, 0.6) is 0 Å². The van der Waals surface area contributed by atoms with Crippen molar-refractivity contribution in [2.45, 2.75) is 152 Å². The smallest absolute Gasteiger partial charge is 0.303 e. The van der Waals surface area contributed by atoms with E-state index in [1.165, 1.54) is 24.3 Å². The van der Waals surface area contributed by atoms with Crippen LogP contribution in [0.15, 0.2) is 46.2 Å². The lowest BCUT2D eigenvalue weighted by atomic mass is 9.76. The number of rotatable bonds is 28. The molecule has 17 nitrogen and oxygen atoms in total. The molecule has 4 rings (SSSR count). The molecule has 2 amide bonds. The Morgan fingerprint density at radius 1 is 0.615 bits per heavy atom. The summed E-state index contributed by atoms with van der Waals surface area (Å²) < 4.78 is 103. The molecule has 2 aliphatic heterocycles. The van der Waals surface area contributed by atoms with Gasteiger partial charge in [-0.2, -0.15) is 34.4 Å². The van der Waals surface area contributed by atoms with E-state index in [1.54, 1.807) is 12.1 Å². The van der Waals surface area contributed by atoms with Gasteiger partial charge in [0.2, 0.25) is 23.2 Å². The fourth-order valence-corrected chi connectivity index (χ4v) is 10.5. The van der Waals surface area contributed by atoms with E-state index in [4.69, 9.17) is 5.11 Å². The lowest BCUT2D eigenvalue weighted by molar-refractivity contribution is -0.439. The van der Waals surface area contributed by atoms with Crippen molar-refractivity contribution in [2.75, 3.05) is 31.9 Å². The highest BCUT2D eigenvalue weighted by atomic mass is 32.2. The predicted molar refractivity (Wildman–Crippen MR) is 247 cm³/mol. The molecular weight excluding hydrogens is 901 g/mol.